The second-order valence-corrected chi connectivity index (χ2v) is 6.73. The Kier molecular flexibility index (Phi) is 3.81. The van der Waals surface area contributed by atoms with Gasteiger partial charge in [0.2, 0.25) is 0 Å². The first-order valence-corrected chi connectivity index (χ1v) is 7.24. The second-order valence-electron chi connectivity index (χ2n) is 5.87. The first kappa shape index (κ1) is 13.6. The van der Waals surface area contributed by atoms with Gasteiger partial charge in [0.15, 0.2) is 5.78 Å². The van der Waals surface area contributed by atoms with E-state index in [-0.39, 0.29) is 5.78 Å². The highest BCUT2D eigenvalue weighted by molar-refractivity contribution is 9.10. The maximum atomic E-state index is 11.4. The van der Waals surface area contributed by atoms with Crippen molar-refractivity contribution in [3.8, 4) is 0 Å². The Bertz CT molecular complexity index is 458. The van der Waals surface area contributed by atoms with E-state index >= 15 is 0 Å². The van der Waals surface area contributed by atoms with E-state index in [1.165, 1.54) is 18.5 Å². The van der Waals surface area contributed by atoms with Crippen LogP contribution in [-0.2, 0) is 0 Å². The number of carbonyl (C=O) groups is 1. The topological polar surface area (TPSA) is 20.3 Å². The van der Waals surface area contributed by atoms with Gasteiger partial charge in [0.1, 0.15) is 0 Å². The lowest BCUT2D eigenvalue weighted by Gasteiger charge is -2.38. The van der Waals surface area contributed by atoms with Crippen molar-refractivity contribution in [1.82, 2.24) is 0 Å². The molecule has 0 N–H and O–H groups in total. The van der Waals surface area contributed by atoms with Crippen molar-refractivity contribution < 1.29 is 4.79 Å². The largest absolute Gasteiger partial charge is 0.371 e. The summed E-state index contributed by atoms with van der Waals surface area (Å²) in [5, 5.41) is 0. The third-order valence-electron chi connectivity index (χ3n) is 3.81. The SMILES string of the molecule is CC(=O)c1ccc(N2CCC(C)(C)CC2)cc1Br. The van der Waals surface area contributed by atoms with Crippen LogP contribution in [-0.4, -0.2) is 18.9 Å². The maximum Gasteiger partial charge on any atom is 0.160 e. The molecular weight excluding hydrogens is 290 g/mol. The standard InChI is InChI=1S/C15H20BrNO/c1-11(18)13-5-4-12(10-14(13)16)17-8-6-15(2,3)7-9-17/h4-5,10H,6-9H2,1-3H3. The van der Waals surface area contributed by atoms with Crippen molar-refractivity contribution in [2.24, 2.45) is 5.41 Å². The summed E-state index contributed by atoms with van der Waals surface area (Å²) >= 11 is 3.49. The first-order chi connectivity index (χ1) is 8.39. The van der Waals surface area contributed by atoms with Crippen LogP contribution in [0.1, 0.15) is 44.0 Å². The minimum absolute atomic E-state index is 0.105. The molecule has 0 saturated carbocycles. The van der Waals surface area contributed by atoms with Crippen LogP contribution in [0.5, 0.6) is 0 Å². The predicted molar refractivity (Wildman–Crippen MR) is 79.4 cm³/mol. The van der Waals surface area contributed by atoms with E-state index in [0.717, 1.165) is 23.1 Å². The fourth-order valence-electron chi connectivity index (χ4n) is 2.36. The molecule has 1 aliphatic rings. The van der Waals surface area contributed by atoms with Gasteiger partial charge in [-0.1, -0.05) is 13.8 Å². The number of rotatable bonds is 2. The zero-order chi connectivity index (χ0) is 13.3. The molecule has 0 spiro atoms. The Morgan fingerprint density at radius 2 is 1.89 bits per heavy atom. The second kappa shape index (κ2) is 5.04. The summed E-state index contributed by atoms with van der Waals surface area (Å²) in [4.78, 5) is 13.8. The summed E-state index contributed by atoms with van der Waals surface area (Å²) in [5.41, 5.74) is 2.44. The van der Waals surface area contributed by atoms with Crippen molar-refractivity contribution >= 4 is 27.4 Å². The van der Waals surface area contributed by atoms with E-state index < -0.39 is 0 Å². The summed E-state index contributed by atoms with van der Waals surface area (Å²) in [5.74, 6) is 0.105. The molecule has 18 heavy (non-hydrogen) atoms. The molecule has 1 aromatic carbocycles. The fourth-order valence-corrected chi connectivity index (χ4v) is 3.00. The molecule has 3 heteroatoms. The first-order valence-electron chi connectivity index (χ1n) is 6.44. The summed E-state index contributed by atoms with van der Waals surface area (Å²) < 4.78 is 0.900. The number of ketones is 1. The Hall–Kier alpha value is -0.830. The highest BCUT2D eigenvalue weighted by Crippen LogP contribution is 2.33. The monoisotopic (exact) mass is 309 g/mol. The molecule has 0 atom stereocenters. The molecule has 0 bridgehead atoms. The number of hydrogen-bond acceptors (Lipinski definition) is 2. The predicted octanol–water partition coefficient (Wildman–Crippen LogP) is 4.28. The van der Waals surface area contributed by atoms with Crippen LogP contribution in [0.25, 0.3) is 0 Å². The summed E-state index contributed by atoms with van der Waals surface area (Å²) in [6.45, 7) is 8.46. The van der Waals surface area contributed by atoms with E-state index in [2.05, 4.69) is 46.8 Å². The molecular formula is C15H20BrNO. The van der Waals surface area contributed by atoms with Gasteiger partial charge in [-0.05, 0) is 59.3 Å². The lowest BCUT2D eigenvalue weighted by atomic mass is 9.82. The van der Waals surface area contributed by atoms with Gasteiger partial charge in [-0.2, -0.15) is 0 Å². The lowest BCUT2D eigenvalue weighted by Crippen LogP contribution is -2.37. The molecule has 0 amide bonds. The molecule has 1 aromatic rings. The van der Waals surface area contributed by atoms with E-state index in [1.807, 2.05) is 6.07 Å². The molecule has 0 aliphatic carbocycles. The van der Waals surface area contributed by atoms with Crippen molar-refractivity contribution in [2.75, 3.05) is 18.0 Å². The summed E-state index contributed by atoms with van der Waals surface area (Å²) in [6, 6.07) is 6.04. The third-order valence-corrected chi connectivity index (χ3v) is 4.47. The molecule has 0 aromatic heterocycles. The van der Waals surface area contributed by atoms with Crippen LogP contribution in [0.15, 0.2) is 22.7 Å². The highest BCUT2D eigenvalue weighted by Gasteiger charge is 2.25. The molecule has 2 rings (SSSR count). The van der Waals surface area contributed by atoms with Crippen molar-refractivity contribution in [3.63, 3.8) is 0 Å². The Morgan fingerprint density at radius 3 is 2.39 bits per heavy atom. The quantitative estimate of drug-likeness (QED) is 0.760. The van der Waals surface area contributed by atoms with Crippen LogP contribution in [0, 0.1) is 5.41 Å². The third kappa shape index (κ3) is 2.94. The molecule has 1 aliphatic heterocycles. The van der Waals surface area contributed by atoms with Crippen molar-refractivity contribution in [1.29, 1.82) is 0 Å². The van der Waals surface area contributed by atoms with E-state index in [1.54, 1.807) is 6.92 Å². The number of carbonyl (C=O) groups excluding carboxylic acids is 1. The zero-order valence-electron chi connectivity index (χ0n) is 11.3. The van der Waals surface area contributed by atoms with Gasteiger partial charge in [0, 0.05) is 28.8 Å². The molecule has 98 valence electrons. The number of Topliss-reactive ketones (excluding diaryl/α,β-unsaturated/α-hetero) is 1. The maximum absolute atomic E-state index is 11.4. The molecule has 1 heterocycles. The van der Waals surface area contributed by atoms with E-state index in [0.29, 0.717) is 5.41 Å². The van der Waals surface area contributed by atoms with Crippen LogP contribution < -0.4 is 4.90 Å². The minimum atomic E-state index is 0.105. The average molecular weight is 310 g/mol. The molecule has 0 radical (unpaired) electrons. The number of piperidine rings is 1. The molecule has 2 nitrogen and oxygen atoms in total. The number of anilines is 1. The number of nitrogens with zero attached hydrogens (tertiary/aromatic N) is 1. The Morgan fingerprint density at radius 1 is 1.28 bits per heavy atom. The smallest absolute Gasteiger partial charge is 0.160 e. The van der Waals surface area contributed by atoms with Crippen LogP contribution in [0.4, 0.5) is 5.69 Å². The van der Waals surface area contributed by atoms with Crippen LogP contribution in [0.3, 0.4) is 0 Å². The van der Waals surface area contributed by atoms with E-state index in [9.17, 15) is 4.79 Å². The van der Waals surface area contributed by atoms with Crippen LogP contribution in [0.2, 0.25) is 0 Å². The Balaban J connectivity index is 2.16. The van der Waals surface area contributed by atoms with Gasteiger partial charge >= 0.3 is 0 Å². The molecule has 1 fully saturated rings. The molecule has 0 unspecified atom stereocenters. The fraction of sp³-hybridized carbons (Fsp3) is 0.533. The molecule has 1 saturated heterocycles. The van der Waals surface area contributed by atoms with Gasteiger partial charge in [-0.15, -0.1) is 0 Å². The number of benzene rings is 1. The van der Waals surface area contributed by atoms with Crippen molar-refractivity contribution in [3.05, 3.63) is 28.2 Å². The minimum Gasteiger partial charge on any atom is -0.371 e. The van der Waals surface area contributed by atoms with Gasteiger partial charge < -0.3 is 4.90 Å². The van der Waals surface area contributed by atoms with Gasteiger partial charge in [-0.25, -0.2) is 0 Å². The number of halogens is 1. The van der Waals surface area contributed by atoms with Gasteiger partial charge in [-0.3, -0.25) is 4.79 Å². The van der Waals surface area contributed by atoms with E-state index in [4.69, 9.17) is 0 Å². The van der Waals surface area contributed by atoms with Gasteiger partial charge in [0.05, 0.1) is 0 Å². The van der Waals surface area contributed by atoms with Crippen LogP contribution >= 0.6 is 15.9 Å². The Labute approximate surface area is 117 Å². The van der Waals surface area contributed by atoms with Gasteiger partial charge in [0.25, 0.3) is 0 Å². The number of hydrogen-bond donors (Lipinski definition) is 0. The lowest BCUT2D eigenvalue weighted by molar-refractivity contribution is 0.101. The summed E-state index contributed by atoms with van der Waals surface area (Å²) in [6.07, 6.45) is 2.44. The normalized spacial score (nSPS) is 18.8. The average Bonchev–Trinajstić information content (AvgIpc) is 2.28. The highest BCUT2D eigenvalue weighted by atomic mass is 79.9. The van der Waals surface area contributed by atoms with Crippen molar-refractivity contribution in [2.45, 2.75) is 33.6 Å². The zero-order valence-corrected chi connectivity index (χ0v) is 12.9. The summed E-state index contributed by atoms with van der Waals surface area (Å²) in [7, 11) is 0.